The molecular weight excluding hydrogens is 272 g/mol. The number of anilines is 1. The Morgan fingerprint density at radius 2 is 2.14 bits per heavy atom. The van der Waals surface area contributed by atoms with Crippen LogP contribution in [0.4, 0.5) is 5.69 Å². The standard InChI is InChI=1S/C19H32N2O/c1-5-15(3)20-14-16-10-11-18(19(13-16)22-4)21-12-8-7-9-17(21)6-2/h10-11,13,15,17,20H,5-9,12,14H2,1-4H3. The third-order valence-corrected chi connectivity index (χ3v) is 4.92. The van der Waals surface area contributed by atoms with Crippen molar-refractivity contribution in [3.8, 4) is 5.75 Å². The second-order valence-electron chi connectivity index (χ2n) is 6.45. The molecule has 1 N–H and O–H groups in total. The van der Waals surface area contributed by atoms with Gasteiger partial charge in [0.1, 0.15) is 5.75 Å². The molecule has 0 saturated carbocycles. The molecule has 1 aliphatic heterocycles. The van der Waals surface area contributed by atoms with Gasteiger partial charge in [-0.25, -0.2) is 0 Å². The van der Waals surface area contributed by atoms with Gasteiger partial charge in [0, 0.05) is 25.2 Å². The lowest BCUT2D eigenvalue weighted by Gasteiger charge is -2.38. The largest absolute Gasteiger partial charge is 0.495 e. The van der Waals surface area contributed by atoms with Gasteiger partial charge >= 0.3 is 0 Å². The van der Waals surface area contributed by atoms with E-state index >= 15 is 0 Å². The maximum Gasteiger partial charge on any atom is 0.142 e. The molecule has 0 amide bonds. The predicted molar refractivity (Wildman–Crippen MR) is 94.9 cm³/mol. The SMILES string of the molecule is CCC(C)NCc1ccc(N2CCCCC2CC)c(OC)c1. The Morgan fingerprint density at radius 3 is 2.82 bits per heavy atom. The van der Waals surface area contributed by atoms with Gasteiger partial charge in [-0.2, -0.15) is 0 Å². The molecule has 3 heteroatoms. The molecule has 2 atom stereocenters. The first-order valence-corrected chi connectivity index (χ1v) is 8.86. The molecule has 1 aromatic rings. The molecule has 124 valence electrons. The lowest BCUT2D eigenvalue weighted by atomic mass is 9.98. The zero-order valence-corrected chi connectivity index (χ0v) is 14.7. The normalized spacial score (nSPS) is 20.0. The number of nitrogens with one attached hydrogen (secondary N) is 1. The van der Waals surface area contributed by atoms with E-state index in [1.807, 2.05) is 0 Å². The summed E-state index contributed by atoms with van der Waals surface area (Å²) in [5.41, 5.74) is 2.56. The summed E-state index contributed by atoms with van der Waals surface area (Å²) in [5.74, 6) is 1.02. The molecule has 0 bridgehead atoms. The second kappa shape index (κ2) is 8.42. The van der Waals surface area contributed by atoms with Gasteiger partial charge in [0.15, 0.2) is 0 Å². The van der Waals surface area contributed by atoms with E-state index in [0.29, 0.717) is 12.1 Å². The molecule has 2 rings (SSSR count). The van der Waals surface area contributed by atoms with E-state index in [9.17, 15) is 0 Å². The smallest absolute Gasteiger partial charge is 0.142 e. The molecule has 1 aromatic carbocycles. The van der Waals surface area contributed by atoms with Crippen LogP contribution in [-0.2, 0) is 6.54 Å². The number of ether oxygens (including phenoxy) is 1. The van der Waals surface area contributed by atoms with Gasteiger partial charge in [0.2, 0.25) is 0 Å². The number of hydrogen-bond donors (Lipinski definition) is 1. The van der Waals surface area contributed by atoms with Crippen LogP contribution in [-0.4, -0.2) is 25.7 Å². The second-order valence-corrected chi connectivity index (χ2v) is 6.45. The molecule has 1 aliphatic rings. The highest BCUT2D eigenvalue weighted by Crippen LogP contribution is 2.34. The Labute approximate surface area is 136 Å². The van der Waals surface area contributed by atoms with Crippen molar-refractivity contribution in [1.82, 2.24) is 5.32 Å². The highest BCUT2D eigenvalue weighted by Gasteiger charge is 2.23. The van der Waals surface area contributed by atoms with E-state index in [4.69, 9.17) is 4.74 Å². The van der Waals surface area contributed by atoms with Crippen LogP contribution in [0.5, 0.6) is 5.75 Å². The molecule has 2 unspecified atom stereocenters. The average Bonchev–Trinajstić information content (AvgIpc) is 2.59. The number of benzene rings is 1. The summed E-state index contributed by atoms with van der Waals surface area (Å²) < 4.78 is 5.70. The number of methoxy groups -OCH3 is 1. The molecular formula is C19H32N2O. The van der Waals surface area contributed by atoms with Gasteiger partial charge in [-0.15, -0.1) is 0 Å². The van der Waals surface area contributed by atoms with Gasteiger partial charge in [-0.05, 0) is 56.7 Å². The van der Waals surface area contributed by atoms with Crippen LogP contribution in [0.1, 0.15) is 58.4 Å². The van der Waals surface area contributed by atoms with E-state index < -0.39 is 0 Å². The van der Waals surface area contributed by atoms with Crippen LogP contribution in [0.2, 0.25) is 0 Å². The molecule has 0 radical (unpaired) electrons. The van der Waals surface area contributed by atoms with Gasteiger partial charge < -0.3 is 15.0 Å². The van der Waals surface area contributed by atoms with Crippen LogP contribution >= 0.6 is 0 Å². The Balaban J connectivity index is 2.14. The quantitative estimate of drug-likeness (QED) is 0.810. The Kier molecular flexibility index (Phi) is 6.56. The topological polar surface area (TPSA) is 24.5 Å². The molecule has 0 spiro atoms. The van der Waals surface area contributed by atoms with Crippen molar-refractivity contribution < 1.29 is 4.74 Å². The molecule has 1 saturated heterocycles. The van der Waals surface area contributed by atoms with Gasteiger partial charge in [-0.1, -0.05) is 19.9 Å². The first kappa shape index (κ1) is 17.1. The summed E-state index contributed by atoms with van der Waals surface area (Å²) >= 11 is 0. The number of piperidine rings is 1. The van der Waals surface area contributed by atoms with Crippen LogP contribution in [0, 0.1) is 0 Å². The number of hydrogen-bond acceptors (Lipinski definition) is 3. The molecule has 3 nitrogen and oxygen atoms in total. The first-order valence-electron chi connectivity index (χ1n) is 8.86. The summed E-state index contributed by atoms with van der Waals surface area (Å²) in [4.78, 5) is 2.55. The van der Waals surface area contributed by atoms with Gasteiger partial charge in [0.05, 0.1) is 12.8 Å². The Hall–Kier alpha value is -1.22. The fourth-order valence-electron chi connectivity index (χ4n) is 3.25. The van der Waals surface area contributed by atoms with Crippen molar-refractivity contribution in [3.63, 3.8) is 0 Å². The molecule has 1 fully saturated rings. The van der Waals surface area contributed by atoms with Crippen molar-refractivity contribution in [3.05, 3.63) is 23.8 Å². The van der Waals surface area contributed by atoms with Crippen molar-refractivity contribution in [2.24, 2.45) is 0 Å². The fraction of sp³-hybridized carbons (Fsp3) is 0.684. The van der Waals surface area contributed by atoms with E-state index in [1.165, 1.54) is 36.9 Å². The maximum atomic E-state index is 5.70. The summed E-state index contributed by atoms with van der Waals surface area (Å²) in [6.45, 7) is 8.79. The fourth-order valence-corrected chi connectivity index (χ4v) is 3.25. The van der Waals surface area contributed by atoms with Crippen molar-refractivity contribution in [2.75, 3.05) is 18.6 Å². The molecule has 22 heavy (non-hydrogen) atoms. The number of rotatable bonds is 7. The van der Waals surface area contributed by atoms with Crippen LogP contribution in [0.15, 0.2) is 18.2 Å². The predicted octanol–water partition coefficient (Wildman–Crippen LogP) is 4.35. The van der Waals surface area contributed by atoms with E-state index in [1.54, 1.807) is 7.11 Å². The van der Waals surface area contributed by atoms with E-state index in [0.717, 1.165) is 25.3 Å². The summed E-state index contributed by atoms with van der Waals surface area (Å²) in [6.07, 6.45) is 6.31. The lowest BCUT2D eigenvalue weighted by Crippen LogP contribution is -2.39. The molecule has 1 heterocycles. The minimum absolute atomic E-state index is 0.553. The monoisotopic (exact) mass is 304 g/mol. The minimum Gasteiger partial charge on any atom is -0.495 e. The molecule has 0 aromatic heterocycles. The van der Waals surface area contributed by atoms with E-state index in [-0.39, 0.29) is 0 Å². The highest BCUT2D eigenvalue weighted by molar-refractivity contribution is 5.60. The maximum absolute atomic E-state index is 5.70. The Bertz CT molecular complexity index is 461. The van der Waals surface area contributed by atoms with Gasteiger partial charge in [-0.3, -0.25) is 0 Å². The average molecular weight is 304 g/mol. The summed E-state index contributed by atoms with van der Waals surface area (Å²) in [6, 6.07) is 7.91. The first-order chi connectivity index (χ1) is 10.7. The third-order valence-electron chi connectivity index (χ3n) is 4.92. The third kappa shape index (κ3) is 4.16. The van der Waals surface area contributed by atoms with Gasteiger partial charge in [0.25, 0.3) is 0 Å². The van der Waals surface area contributed by atoms with Crippen molar-refractivity contribution >= 4 is 5.69 Å². The van der Waals surface area contributed by atoms with Crippen molar-refractivity contribution in [2.45, 2.75) is 71.5 Å². The van der Waals surface area contributed by atoms with Crippen molar-refractivity contribution in [1.29, 1.82) is 0 Å². The summed E-state index contributed by atoms with van der Waals surface area (Å²) in [7, 11) is 1.79. The Morgan fingerprint density at radius 1 is 1.32 bits per heavy atom. The molecule has 0 aliphatic carbocycles. The van der Waals surface area contributed by atoms with Crippen LogP contribution in [0.25, 0.3) is 0 Å². The van der Waals surface area contributed by atoms with E-state index in [2.05, 4.69) is 49.2 Å². The highest BCUT2D eigenvalue weighted by atomic mass is 16.5. The zero-order valence-electron chi connectivity index (χ0n) is 14.7. The zero-order chi connectivity index (χ0) is 15.9. The van der Waals surface area contributed by atoms with Crippen LogP contribution < -0.4 is 15.0 Å². The van der Waals surface area contributed by atoms with Crippen LogP contribution in [0.3, 0.4) is 0 Å². The summed E-state index contributed by atoms with van der Waals surface area (Å²) in [5, 5.41) is 3.55. The lowest BCUT2D eigenvalue weighted by molar-refractivity contribution is 0.401. The minimum atomic E-state index is 0.553. The number of nitrogens with zero attached hydrogens (tertiary/aromatic N) is 1.